The normalized spacial score (nSPS) is 20.9. The average molecular weight is 389 g/mol. The standard InChI is InChI=1S/C21H21FN2O2.ClH/c1-13(25)18-7-6-17(22)10-19(18)14-2-4-15(5-3-14)21(26)24-9-8-16-11-23-12-20(16)24;/h2-7,10,16,20,23H,8-9,11-12H2,1H3;1H/t16-,20+;/m0./s1. The fourth-order valence-electron chi connectivity index (χ4n) is 4.12. The highest BCUT2D eigenvalue weighted by Crippen LogP contribution is 2.30. The van der Waals surface area contributed by atoms with Crippen molar-refractivity contribution in [3.05, 3.63) is 59.4 Å². The zero-order valence-corrected chi connectivity index (χ0v) is 15.9. The van der Waals surface area contributed by atoms with Gasteiger partial charge in [0.15, 0.2) is 5.78 Å². The number of hydrogen-bond donors (Lipinski definition) is 1. The maximum absolute atomic E-state index is 13.7. The molecule has 0 saturated carbocycles. The first-order valence-electron chi connectivity index (χ1n) is 8.97. The van der Waals surface area contributed by atoms with Crippen LogP contribution in [0.4, 0.5) is 4.39 Å². The van der Waals surface area contributed by atoms with Crippen LogP contribution in [0.5, 0.6) is 0 Å². The third-order valence-electron chi connectivity index (χ3n) is 5.51. The Morgan fingerprint density at radius 3 is 2.56 bits per heavy atom. The molecule has 2 aromatic carbocycles. The highest BCUT2D eigenvalue weighted by molar-refractivity contribution is 6.01. The molecule has 1 amide bonds. The summed E-state index contributed by atoms with van der Waals surface area (Å²) < 4.78 is 13.7. The molecule has 0 radical (unpaired) electrons. The van der Waals surface area contributed by atoms with Crippen LogP contribution in [0.3, 0.4) is 0 Å². The third-order valence-corrected chi connectivity index (χ3v) is 5.51. The Balaban J connectivity index is 0.00000210. The number of halogens is 2. The van der Waals surface area contributed by atoms with Gasteiger partial charge in [-0.3, -0.25) is 9.59 Å². The van der Waals surface area contributed by atoms with E-state index in [4.69, 9.17) is 0 Å². The van der Waals surface area contributed by atoms with Gasteiger partial charge in [-0.05, 0) is 60.7 Å². The van der Waals surface area contributed by atoms with Gasteiger partial charge >= 0.3 is 0 Å². The lowest BCUT2D eigenvalue weighted by Gasteiger charge is -2.23. The van der Waals surface area contributed by atoms with E-state index in [-0.39, 0.29) is 36.0 Å². The summed E-state index contributed by atoms with van der Waals surface area (Å²) in [5.41, 5.74) is 2.39. The number of Topliss-reactive ketones (excluding diaryl/α,β-unsaturated/α-hetero) is 1. The van der Waals surface area contributed by atoms with Gasteiger partial charge in [0.2, 0.25) is 0 Å². The lowest BCUT2D eigenvalue weighted by Crippen LogP contribution is -2.39. The van der Waals surface area contributed by atoms with Gasteiger partial charge < -0.3 is 10.2 Å². The van der Waals surface area contributed by atoms with E-state index < -0.39 is 0 Å². The molecular formula is C21H22ClFN2O2. The van der Waals surface area contributed by atoms with Gasteiger partial charge in [0.1, 0.15) is 5.82 Å². The highest BCUT2D eigenvalue weighted by Gasteiger charge is 2.40. The van der Waals surface area contributed by atoms with Gasteiger partial charge in [-0.25, -0.2) is 4.39 Å². The first-order valence-corrected chi connectivity index (χ1v) is 8.97. The number of nitrogens with one attached hydrogen (secondary N) is 1. The number of rotatable bonds is 3. The smallest absolute Gasteiger partial charge is 0.254 e. The fraction of sp³-hybridized carbons (Fsp3) is 0.333. The number of amides is 1. The van der Waals surface area contributed by atoms with Crippen molar-refractivity contribution in [1.29, 1.82) is 0 Å². The van der Waals surface area contributed by atoms with Crippen LogP contribution in [-0.4, -0.2) is 42.3 Å². The predicted molar refractivity (Wildman–Crippen MR) is 105 cm³/mol. The number of nitrogens with zero attached hydrogens (tertiary/aromatic N) is 1. The van der Waals surface area contributed by atoms with Gasteiger partial charge in [-0.1, -0.05) is 12.1 Å². The van der Waals surface area contributed by atoms with Crippen LogP contribution in [-0.2, 0) is 0 Å². The van der Waals surface area contributed by atoms with Crippen molar-refractivity contribution in [2.24, 2.45) is 5.92 Å². The van der Waals surface area contributed by atoms with Gasteiger partial charge in [0.25, 0.3) is 5.91 Å². The second-order valence-electron chi connectivity index (χ2n) is 7.10. The largest absolute Gasteiger partial charge is 0.334 e. The van der Waals surface area contributed by atoms with Crippen molar-refractivity contribution in [3.8, 4) is 11.1 Å². The molecule has 0 aromatic heterocycles. The number of benzene rings is 2. The van der Waals surface area contributed by atoms with Crippen LogP contribution in [0.25, 0.3) is 11.1 Å². The van der Waals surface area contributed by atoms with E-state index in [9.17, 15) is 14.0 Å². The zero-order chi connectivity index (χ0) is 18.3. The number of ketones is 1. The van der Waals surface area contributed by atoms with Crippen molar-refractivity contribution in [1.82, 2.24) is 10.2 Å². The molecule has 2 aliphatic heterocycles. The molecule has 0 aliphatic carbocycles. The monoisotopic (exact) mass is 388 g/mol. The molecule has 2 atom stereocenters. The molecule has 4 nitrogen and oxygen atoms in total. The number of likely N-dealkylation sites (tertiary alicyclic amines) is 1. The number of carbonyl (C=O) groups is 2. The summed E-state index contributed by atoms with van der Waals surface area (Å²) in [6.45, 7) is 4.12. The molecule has 27 heavy (non-hydrogen) atoms. The lowest BCUT2D eigenvalue weighted by molar-refractivity contribution is 0.0737. The summed E-state index contributed by atoms with van der Waals surface area (Å²) in [5, 5.41) is 3.35. The molecule has 2 aromatic rings. The molecule has 2 aliphatic rings. The summed E-state index contributed by atoms with van der Waals surface area (Å²) in [4.78, 5) is 26.6. The van der Waals surface area contributed by atoms with Crippen molar-refractivity contribution in [3.63, 3.8) is 0 Å². The van der Waals surface area contributed by atoms with E-state index in [0.29, 0.717) is 22.6 Å². The maximum Gasteiger partial charge on any atom is 0.254 e. The third kappa shape index (κ3) is 3.62. The van der Waals surface area contributed by atoms with Crippen molar-refractivity contribution < 1.29 is 14.0 Å². The van der Waals surface area contributed by atoms with Crippen LogP contribution in [0.1, 0.15) is 34.1 Å². The number of carbonyl (C=O) groups excluding carboxylic acids is 2. The first-order chi connectivity index (χ1) is 12.5. The van der Waals surface area contributed by atoms with E-state index in [1.54, 1.807) is 24.3 Å². The van der Waals surface area contributed by atoms with Gasteiger partial charge in [0.05, 0.1) is 0 Å². The van der Waals surface area contributed by atoms with E-state index in [1.807, 2.05) is 4.90 Å². The summed E-state index contributed by atoms with van der Waals surface area (Å²) >= 11 is 0. The molecule has 142 valence electrons. The van der Waals surface area contributed by atoms with Crippen LogP contribution in [0.2, 0.25) is 0 Å². The minimum atomic E-state index is -0.387. The molecule has 4 rings (SSSR count). The lowest BCUT2D eigenvalue weighted by atomic mass is 9.96. The van der Waals surface area contributed by atoms with Crippen LogP contribution >= 0.6 is 12.4 Å². The summed E-state index contributed by atoms with van der Waals surface area (Å²) in [6, 6.07) is 11.5. The summed E-state index contributed by atoms with van der Waals surface area (Å²) in [5.74, 6) is 0.0985. The Hall–Kier alpha value is -2.24. The van der Waals surface area contributed by atoms with Gasteiger partial charge in [0, 0.05) is 36.8 Å². The molecule has 1 N–H and O–H groups in total. The van der Waals surface area contributed by atoms with Crippen LogP contribution in [0, 0.1) is 11.7 Å². The Morgan fingerprint density at radius 1 is 1.11 bits per heavy atom. The van der Waals surface area contributed by atoms with Crippen molar-refractivity contribution in [2.45, 2.75) is 19.4 Å². The molecule has 0 unspecified atom stereocenters. The molecule has 0 spiro atoms. The van der Waals surface area contributed by atoms with Gasteiger partial charge in [-0.15, -0.1) is 12.4 Å². The van der Waals surface area contributed by atoms with Crippen LogP contribution < -0.4 is 5.32 Å². The highest BCUT2D eigenvalue weighted by atomic mass is 35.5. The van der Waals surface area contributed by atoms with Gasteiger partial charge in [-0.2, -0.15) is 0 Å². The first kappa shape index (κ1) is 19.5. The fourth-order valence-corrected chi connectivity index (χ4v) is 4.12. The number of fused-ring (bicyclic) bond motifs is 1. The Morgan fingerprint density at radius 2 is 1.85 bits per heavy atom. The molecule has 6 heteroatoms. The van der Waals surface area contributed by atoms with E-state index in [1.165, 1.54) is 25.1 Å². The van der Waals surface area contributed by atoms with E-state index in [2.05, 4.69) is 5.32 Å². The number of hydrogen-bond acceptors (Lipinski definition) is 3. The van der Waals surface area contributed by atoms with E-state index >= 15 is 0 Å². The molecule has 2 heterocycles. The average Bonchev–Trinajstić information content (AvgIpc) is 3.24. The summed E-state index contributed by atoms with van der Waals surface area (Å²) in [7, 11) is 0. The Labute approximate surface area is 164 Å². The Kier molecular flexibility index (Phi) is 5.63. The second kappa shape index (κ2) is 7.79. The Bertz CT molecular complexity index is 869. The molecule has 0 bridgehead atoms. The minimum Gasteiger partial charge on any atom is -0.334 e. The zero-order valence-electron chi connectivity index (χ0n) is 15.1. The molecule has 2 saturated heterocycles. The predicted octanol–water partition coefficient (Wildman–Crippen LogP) is 3.55. The maximum atomic E-state index is 13.7. The molecule has 2 fully saturated rings. The molecular weight excluding hydrogens is 367 g/mol. The van der Waals surface area contributed by atoms with E-state index in [0.717, 1.165) is 31.6 Å². The SMILES string of the molecule is CC(=O)c1ccc(F)cc1-c1ccc(C(=O)N2CC[C@H]3CNC[C@H]32)cc1.Cl. The second-order valence-corrected chi connectivity index (χ2v) is 7.10. The van der Waals surface area contributed by atoms with Crippen LogP contribution in [0.15, 0.2) is 42.5 Å². The van der Waals surface area contributed by atoms with Crippen molar-refractivity contribution >= 4 is 24.1 Å². The summed E-state index contributed by atoms with van der Waals surface area (Å²) in [6.07, 6.45) is 1.05. The van der Waals surface area contributed by atoms with Crippen molar-refractivity contribution in [2.75, 3.05) is 19.6 Å². The quantitative estimate of drug-likeness (QED) is 0.818. The minimum absolute atomic E-state index is 0. The topological polar surface area (TPSA) is 49.4 Å².